The second-order valence-electron chi connectivity index (χ2n) is 13.8. The van der Waals surface area contributed by atoms with E-state index in [1.165, 1.54) is 72.1 Å². The van der Waals surface area contributed by atoms with Crippen molar-refractivity contribution < 1.29 is 0 Å². The molecule has 1 aliphatic carbocycles. The molecule has 1 aliphatic rings. The smallest absolute Gasteiger partial charge is 0.0549 e. The van der Waals surface area contributed by atoms with Gasteiger partial charge in [0.05, 0.1) is 5.69 Å². The Hall–Kier alpha value is -6.18. The van der Waals surface area contributed by atoms with Crippen LogP contribution in [0.25, 0.3) is 55.3 Å². The average Bonchev–Trinajstić information content (AvgIpc) is 3.42. The lowest BCUT2D eigenvalue weighted by molar-refractivity contribution is 0.666. The molecule has 0 bridgehead atoms. The van der Waals surface area contributed by atoms with Gasteiger partial charge in [-0.2, -0.15) is 0 Å². The zero-order valence-corrected chi connectivity index (χ0v) is 28.3. The maximum atomic E-state index is 2.45. The lowest BCUT2D eigenvalue weighted by Crippen LogP contribution is -2.17. The molecule has 0 spiro atoms. The fraction of sp³-hybridized carbons (Fsp3) is 0.0612. The van der Waals surface area contributed by atoms with Crippen LogP contribution >= 0.6 is 0 Å². The Labute approximate surface area is 294 Å². The molecule has 0 radical (unpaired) electrons. The van der Waals surface area contributed by atoms with Crippen LogP contribution in [0.4, 0.5) is 17.1 Å². The number of hydrogen-bond acceptors (Lipinski definition) is 1. The molecule has 0 aliphatic heterocycles. The molecule has 0 heterocycles. The van der Waals surface area contributed by atoms with Crippen molar-refractivity contribution >= 4 is 27.8 Å². The first-order valence-corrected chi connectivity index (χ1v) is 17.4. The van der Waals surface area contributed by atoms with Crippen LogP contribution in [0.5, 0.6) is 0 Å². The summed E-state index contributed by atoms with van der Waals surface area (Å²) in [5, 5.41) is 2.57. The molecule has 1 nitrogen and oxygen atoms in total. The van der Waals surface area contributed by atoms with Crippen LogP contribution in [0, 0.1) is 0 Å². The summed E-state index contributed by atoms with van der Waals surface area (Å²) in [5.41, 5.74) is 16.0. The molecule has 0 unspecified atom stereocenters. The molecule has 0 aromatic heterocycles. The summed E-state index contributed by atoms with van der Waals surface area (Å²) < 4.78 is 0. The molecule has 0 fully saturated rings. The third-order valence-electron chi connectivity index (χ3n) is 10.4. The van der Waals surface area contributed by atoms with Crippen LogP contribution < -0.4 is 4.90 Å². The third-order valence-corrected chi connectivity index (χ3v) is 10.4. The van der Waals surface area contributed by atoms with Gasteiger partial charge < -0.3 is 4.90 Å². The van der Waals surface area contributed by atoms with E-state index in [-0.39, 0.29) is 5.41 Å². The van der Waals surface area contributed by atoms with Crippen LogP contribution in [0.15, 0.2) is 188 Å². The SMILES string of the molecule is CC1(C)c2cc(-c3ccccc3)ccc2-c2c(N(c3ccccc3)c3ccc(-c4ccc(-c5ccccc5)cc4)cc3)cc3ccccc3c21. The zero-order valence-electron chi connectivity index (χ0n) is 28.3. The van der Waals surface area contributed by atoms with Crippen LogP contribution in [0.1, 0.15) is 25.0 Å². The van der Waals surface area contributed by atoms with Crippen molar-refractivity contribution in [2.75, 3.05) is 4.90 Å². The molecule has 9 rings (SSSR count). The number of para-hydroxylation sites is 1. The zero-order chi connectivity index (χ0) is 33.7. The van der Waals surface area contributed by atoms with Crippen molar-refractivity contribution in [2.24, 2.45) is 0 Å². The van der Waals surface area contributed by atoms with Gasteiger partial charge in [-0.05, 0) is 97.2 Å². The molecule has 0 saturated heterocycles. The number of rotatable bonds is 6. The highest BCUT2D eigenvalue weighted by Gasteiger charge is 2.40. The highest BCUT2D eigenvalue weighted by Crippen LogP contribution is 2.57. The van der Waals surface area contributed by atoms with E-state index in [2.05, 4.69) is 207 Å². The minimum Gasteiger partial charge on any atom is -0.310 e. The standard InChI is InChI=1S/C49H37N/c1-49(2)45-32-39(35-16-8-4-9-17-35)28-31-44(45)47-46(33-40-18-12-13-21-43(40)48(47)49)50(41-19-10-5-11-20-41)42-29-26-38(27-30-42)37-24-22-36(23-25-37)34-14-6-3-7-15-34/h3-33H,1-2H3. The average molecular weight is 640 g/mol. The van der Waals surface area contributed by atoms with Gasteiger partial charge in [0.15, 0.2) is 0 Å². The quantitative estimate of drug-likeness (QED) is 0.175. The fourth-order valence-electron chi connectivity index (χ4n) is 7.95. The molecule has 1 heteroatoms. The highest BCUT2D eigenvalue weighted by atomic mass is 15.1. The summed E-state index contributed by atoms with van der Waals surface area (Å²) >= 11 is 0. The van der Waals surface area contributed by atoms with Gasteiger partial charge in [-0.3, -0.25) is 0 Å². The van der Waals surface area contributed by atoms with E-state index < -0.39 is 0 Å². The lowest BCUT2D eigenvalue weighted by atomic mass is 9.79. The van der Waals surface area contributed by atoms with Crippen LogP contribution in [-0.4, -0.2) is 0 Å². The summed E-state index contributed by atoms with van der Waals surface area (Å²) in [6.45, 7) is 4.79. The second kappa shape index (κ2) is 12.1. The number of fused-ring (bicyclic) bond motifs is 5. The van der Waals surface area contributed by atoms with Gasteiger partial charge in [0, 0.05) is 22.4 Å². The Kier molecular flexibility index (Phi) is 7.21. The number of benzene rings is 8. The Morgan fingerprint density at radius 1 is 0.400 bits per heavy atom. The Bertz CT molecular complexity index is 2460. The van der Waals surface area contributed by atoms with Gasteiger partial charge in [0.2, 0.25) is 0 Å². The highest BCUT2D eigenvalue weighted by molar-refractivity contribution is 6.06. The summed E-state index contributed by atoms with van der Waals surface area (Å²) in [5.74, 6) is 0. The molecular formula is C49H37N. The third kappa shape index (κ3) is 5.02. The van der Waals surface area contributed by atoms with Gasteiger partial charge in [0.25, 0.3) is 0 Å². The van der Waals surface area contributed by atoms with Crippen molar-refractivity contribution in [1.82, 2.24) is 0 Å². The fourth-order valence-corrected chi connectivity index (χ4v) is 7.95. The Morgan fingerprint density at radius 2 is 0.860 bits per heavy atom. The molecular weight excluding hydrogens is 603 g/mol. The van der Waals surface area contributed by atoms with E-state index in [4.69, 9.17) is 0 Å². The van der Waals surface area contributed by atoms with Crippen molar-refractivity contribution in [3.63, 3.8) is 0 Å². The first-order valence-electron chi connectivity index (χ1n) is 17.4. The van der Waals surface area contributed by atoms with E-state index in [1.54, 1.807) is 0 Å². The maximum Gasteiger partial charge on any atom is 0.0549 e. The van der Waals surface area contributed by atoms with Gasteiger partial charge in [-0.25, -0.2) is 0 Å². The molecule has 0 atom stereocenters. The number of nitrogens with zero attached hydrogens (tertiary/aromatic N) is 1. The van der Waals surface area contributed by atoms with Crippen LogP contribution in [0.2, 0.25) is 0 Å². The molecule has 8 aromatic rings. The van der Waals surface area contributed by atoms with Gasteiger partial charge in [-0.15, -0.1) is 0 Å². The minimum atomic E-state index is -0.191. The maximum absolute atomic E-state index is 2.45. The summed E-state index contributed by atoms with van der Waals surface area (Å²) in [6, 6.07) is 68.4. The van der Waals surface area contributed by atoms with E-state index in [0.717, 1.165) is 11.4 Å². The minimum absolute atomic E-state index is 0.191. The molecule has 8 aromatic carbocycles. The number of anilines is 3. The molecule has 238 valence electrons. The summed E-state index contributed by atoms with van der Waals surface area (Å²) in [4.78, 5) is 2.45. The molecule has 0 N–H and O–H groups in total. The first-order chi connectivity index (χ1) is 24.6. The second-order valence-corrected chi connectivity index (χ2v) is 13.8. The Morgan fingerprint density at radius 3 is 1.48 bits per heavy atom. The Balaban J connectivity index is 1.20. The topological polar surface area (TPSA) is 3.24 Å². The lowest BCUT2D eigenvalue weighted by Gasteiger charge is -2.30. The van der Waals surface area contributed by atoms with E-state index >= 15 is 0 Å². The van der Waals surface area contributed by atoms with E-state index in [1.807, 2.05) is 0 Å². The number of hydrogen-bond donors (Lipinski definition) is 0. The van der Waals surface area contributed by atoms with Crippen LogP contribution in [0.3, 0.4) is 0 Å². The van der Waals surface area contributed by atoms with Crippen molar-refractivity contribution in [3.8, 4) is 44.5 Å². The van der Waals surface area contributed by atoms with Gasteiger partial charge in [-0.1, -0.05) is 166 Å². The van der Waals surface area contributed by atoms with Crippen molar-refractivity contribution in [2.45, 2.75) is 19.3 Å². The largest absolute Gasteiger partial charge is 0.310 e. The van der Waals surface area contributed by atoms with Crippen molar-refractivity contribution in [3.05, 3.63) is 199 Å². The van der Waals surface area contributed by atoms with Crippen molar-refractivity contribution in [1.29, 1.82) is 0 Å². The predicted octanol–water partition coefficient (Wildman–Crippen LogP) is 13.6. The van der Waals surface area contributed by atoms with Gasteiger partial charge in [0.1, 0.15) is 0 Å². The van der Waals surface area contributed by atoms with E-state index in [0.29, 0.717) is 0 Å². The predicted molar refractivity (Wildman–Crippen MR) is 213 cm³/mol. The van der Waals surface area contributed by atoms with Gasteiger partial charge >= 0.3 is 0 Å². The molecule has 0 amide bonds. The molecule has 0 saturated carbocycles. The normalized spacial score (nSPS) is 12.8. The molecule has 50 heavy (non-hydrogen) atoms. The summed E-state index contributed by atoms with van der Waals surface area (Å²) in [6.07, 6.45) is 0. The van der Waals surface area contributed by atoms with E-state index in [9.17, 15) is 0 Å². The van der Waals surface area contributed by atoms with Crippen LogP contribution in [-0.2, 0) is 5.41 Å². The first kappa shape index (κ1) is 29.9. The monoisotopic (exact) mass is 639 g/mol. The summed E-state index contributed by atoms with van der Waals surface area (Å²) in [7, 11) is 0.